The minimum atomic E-state index is -1.16. The number of para-hydroxylation sites is 1. The van der Waals surface area contributed by atoms with E-state index in [1.807, 2.05) is 0 Å². The lowest BCUT2D eigenvalue weighted by Crippen LogP contribution is -2.30. The summed E-state index contributed by atoms with van der Waals surface area (Å²) < 4.78 is 15.7. The molecule has 0 saturated carbocycles. The molecule has 1 N–H and O–H groups in total. The molecule has 0 aromatic heterocycles. The van der Waals surface area contributed by atoms with Gasteiger partial charge in [0, 0.05) is 27.9 Å². The molecule has 34 heavy (non-hydrogen) atoms. The molecule has 0 radical (unpaired) electrons. The molecule has 0 bridgehead atoms. The molecular formula is C26H21NO7. The molecule has 0 spiro atoms. The lowest BCUT2D eigenvalue weighted by molar-refractivity contribution is -0.123. The molecule has 0 fully saturated rings. The average Bonchev–Trinajstić information content (AvgIpc) is 2.86. The summed E-state index contributed by atoms with van der Waals surface area (Å²) >= 11 is 0. The highest BCUT2D eigenvalue weighted by molar-refractivity contribution is 6.28. The van der Waals surface area contributed by atoms with Gasteiger partial charge in [-0.1, -0.05) is 30.3 Å². The number of esters is 1. The number of benzene rings is 3. The van der Waals surface area contributed by atoms with E-state index in [2.05, 4.69) is 5.32 Å². The molecule has 3 aromatic carbocycles. The lowest BCUT2D eigenvalue weighted by Gasteiger charge is -2.19. The van der Waals surface area contributed by atoms with Gasteiger partial charge >= 0.3 is 5.97 Å². The zero-order valence-corrected chi connectivity index (χ0v) is 18.7. The number of carbonyl (C=O) groups is 4. The number of carbonyl (C=O) groups excluding carboxylic acids is 4. The number of rotatable bonds is 6. The van der Waals surface area contributed by atoms with Crippen molar-refractivity contribution < 1.29 is 33.4 Å². The maximum atomic E-state index is 12.9. The second kappa shape index (κ2) is 9.19. The first-order valence-electron chi connectivity index (χ1n) is 10.4. The summed E-state index contributed by atoms with van der Waals surface area (Å²) in [5.41, 5.74) is 1.55. The monoisotopic (exact) mass is 459 g/mol. The van der Waals surface area contributed by atoms with E-state index in [1.54, 1.807) is 36.4 Å². The molecule has 8 nitrogen and oxygen atoms in total. The van der Waals surface area contributed by atoms with E-state index >= 15 is 0 Å². The van der Waals surface area contributed by atoms with Crippen LogP contribution in [0.15, 0.2) is 60.7 Å². The zero-order chi connectivity index (χ0) is 24.4. The number of ether oxygens (including phenoxy) is 3. The molecule has 1 atom stereocenters. The Balaban J connectivity index is 1.50. The average molecular weight is 459 g/mol. The van der Waals surface area contributed by atoms with Gasteiger partial charge < -0.3 is 19.5 Å². The van der Waals surface area contributed by atoms with Crippen LogP contribution in [0.25, 0.3) is 0 Å². The van der Waals surface area contributed by atoms with Crippen LogP contribution in [0.5, 0.6) is 11.5 Å². The van der Waals surface area contributed by atoms with E-state index in [0.717, 1.165) is 0 Å². The molecule has 1 amide bonds. The minimum absolute atomic E-state index is 0.109. The summed E-state index contributed by atoms with van der Waals surface area (Å²) in [7, 11) is 2.84. The smallest absolute Gasteiger partial charge is 0.342 e. The van der Waals surface area contributed by atoms with Crippen molar-refractivity contribution in [2.24, 2.45) is 0 Å². The van der Waals surface area contributed by atoms with E-state index in [4.69, 9.17) is 14.2 Å². The number of hydrogen-bond donors (Lipinski definition) is 1. The summed E-state index contributed by atoms with van der Waals surface area (Å²) in [6, 6.07) is 15.8. The molecule has 1 aliphatic rings. The zero-order valence-electron chi connectivity index (χ0n) is 18.7. The van der Waals surface area contributed by atoms with Gasteiger partial charge in [-0.3, -0.25) is 14.4 Å². The highest BCUT2D eigenvalue weighted by Gasteiger charge is 2.30. The number of ketones is 2. The van der Waals surface area contributed by atoms with Crippen molar-refractivity contribution in [1.29, 1.82) is 0 Å². The van der Waals surface area contributed by atoms with Gasteiger partial charge in [0.05, 0.1) is 14.2 Å². The van der Waals surface area contributed by atoms with E-state index in [0.29, 0.717) is 22.6 Å². The Kier molecular flexibility index (Phi) is 6.14. The topological polar surface area (TPSA) is 108 Å². The normalized spacial score (nSPS) is 12.8. The Bertz CT molecular complexity index is 1330. The summed E-state index contributed by atoms with van der Waals surface area (Å²) in [4.78, 5) is 50.9. The minimum Gasteiger partial charge on any atom is -0.493 e. The molecule has 0 aliphatic heterocycles. The first kappa shape index (κ1) is 22.7. The predicted octanol–water partition coefficient (Wildman–Crippen LogP) is 3.66. The number of amides is 1. The number of hydrogen-bond acceptors (Lipinski definition) is 7. The Morgan fingerprint density at radius 2 is 1.44 bits per heavy atom. The van der Waals surface area contributed by atoms with Gasteiger partial charge in [-0.2, -0.15) is 0 Å². The van der Waals surface area contributed by atoms with Crippen LogP contribution in [-0.2, 0) is 9.53 Å². The van der Waals surface area contributed by atoms with Crippen LogP contribution in [0.4, 0.5) is 5.69 Å². The van der Waals surface area contributed by atoms with Crippen molar-refractivity contribution in [3.8, 4) is 11.5 Å². The SMILES string of the molecule is COc1cccc(C(=O)OC(C)C(=O)Nc2ccc3c(c2)C(=O)c2ccccc2C3=O)c1OC. The van der Waals surface area contributed by atoms with E-state index < -0.39 is 18.0 Å². The summed E-state index contributed by atoms with van der Waals surface area (Å²) in [6.07, 6.45) is -1.16. The molecule has 3 aromatic rings. The van der Waals surface area contributed by atoms with Gasteiger partial charge in [-0.25, -0.2) is 4.79 Å². The number of nitrogens with one attached hydrogen (secondary N) is 1. The Labute approximate surface area is 195 Å². The molecule has 1 unspecified atom stereocenters. The van der Waals surface area contributed by atoms with Crippen LogP contribution in [-0.4, -0.2) is 43.8 Å². The maximum Gasteiger partial charge on any atom is 0.342 e. The van der Waals surface area contributed by atoms with Crippen LogP contribution >= 0.6 is 0 Å². The van der Waals surface area contributed by atoms with Gasteiger partial charge in [0.1, 0.15) is 5.56 Å². The van der Waals surface area contributed by atoms with Crippen LogP contribution in [0, 0.1) is 0 Å². The largest absolute Gasteiger partial charge is 0.493 e. The fourth-order valence-electron chi connectivity index (χ4n) is 3.75. The quantitative estimate of drug-likeness (QED) is 0.438. The van der Waals surface area contributed by atoms with Crippen LogP contribution < -0.4 is 14.8 Å². The first-order valence-corrected chi connectivity index (χ1v) is 10.4. The van der Waals surface area contributed by atoms with Gasteiger partial charge in [-0.15, -0.1) is 0 Å². The van der Waals surface area contributed by atoms with Gasteiger partial charge in [0.15, 0.2) is 29.2 Å². The Morgan fingerprint density at radius 1 is 0.794 bits per heavy atom. The molecule has 4 rings (SSSR count). The maximum absolute atomic E-state index is 12.9. The van der Waals surface area contributed by atoms with E-state index in [-0.39, 0.29) is 34.0 Å². The van der Waals surface area contributed by atoms with Crippen molar-refractivity contribution in [3.63, 3.8) is 0 Å². The molecule has 0 saturated heterocycles. The first-order chi connectivity index (χ1) is 16.3. The fraction of sp³-hybridized carbons (Fsp3) is 0.154. The van der Waals surface area contributed by atoms with Gasteiger partial charge in [0.25, 0.3) is 5.91 Å². The molecular weight excluding hydrogens is 438 g/mol. The molecule has 0 heterocycles. The Morgan fingerprint density at radius 3 is 2.09 bits per heavy atom. The second-order valence-corrected chi connectivity index (χ2v) is 7.54. The van der Waals surface area contributed by atoms with E-state index in [9.17, 15) is 19.2 Å². The van der Waals surface area contributed by atoms with Crippen molar-refractivity contribution in [3.05, 3.63) is 88.5 Å². The van der Waals surface area contributed by atoms with Crippen LogP contribution in [0.3, 0.4) is 0 Å². The van der Waals surface area contributed by atoms with Crippen molar-refractivity contribution in [2.45, 2.75) is 13.0 Å². The van der Waals surface area contributed by atoms with Crippen molar-refractivity contribution in [1.82, 2.24) is 0 Å². The third-order valence-corrected chi connectivity index (χ3v) is 5.47. The van der Waals surface area contributed by atoms with Gasteiger partial charge in [0.2, 0.25) is 0 Å². The predicted molar refractivity (Wildman–Crippen MR) is 123 cm³/mol. The highest BCUT2D eigenvalue weighted by atomic mass is 16.6. The third-order valence-electron chi connectivity index (χ3n) is 5.47. The summed E-state index contributed by atoms with van der Waals surface area (Å²) in [5, 5.41) is 2.62. The second-order valence-electron chi connectivity index (χ2n) is 7.54. The van der Waals surface area contributed by atoms with Crippen LogP contribution in [0.2, 0.25) is 0 Å². The fourth-order valence-corrected chi connectivity index (χ4v) is 3.75. The molecule has 8 heteroatoms. The number of methoxy groups -OCH3 is 2. The third kappa shape index (κ3) is 4.01. The molecule has 172 valence electrons. The van der Waals surface area contributed by atoms with Crippen molar-refractivity contribution >= 4 is 29.1 Å². The van der Waals surface area contributed by atoms with Crippen molar-refractivity contribution in [2.75, 3.05) is 19.5 Å². The highest BCUT2D eigenvalue weighted by Crippen LogP contribution is 2.32. The standard InChI is InChI=1S/C26H21NO7/c1-14(34-26(31)19-9-6-10-21(32-2)24(19)33-3)25(30)27-15-11-12-18-20(13-15)23(29)17-8-5-4-7-16(17)22(18)28/h4-14H,1-3H3,(H,27,30). The van der Waals surface area contributed by atoms with Gasteiger partial charge in [-0.05, 0) is 37.3 Å². The Hall–Kier alpha value is -4.46. The number of fused-ring (bicyclic) bond motifs is 2. The van der Waals surface area contributed by atoms with Crippen LogP contribution in [0.1, 0.15) is 49.1 Å². The van der Waals surface area contributed by atoms with E-state index in [1.165, 1.54) is 45.4 Å². The number of anilines is 1. The lowest BCUT2D eigenvalue weighted by atomic mass is 9.84. The summed E-state index contributed by atoms with van der Waals surface area (Å²) in [5.74, 6) is -1.38. The molecule has 1 aliphatic carbocycles. The summed E-state index contributed by atoms with van der Waals surface area (Å²) in [6.45, 7) is 1.42.